The molecule has 0 aromatic heterocycles. The molecule has 0 saturated heterocycles. The van der Waals surface area contributed by atoms with Gasteiger partial charge in [-0.2, -0.15) is 0 Å². The van der Waals surface area contributed by atoms with Crippen LogP contribution in [-0.2, 0) is 25.0 Å². The molecule has 0 aromatic carbocycles. The van der Waals surface area contributed by atoms with Gasteiger partial charge in [0.15, 0.2) is 0 Å². The lowest BCUT2D eigenvalue weighted by Gasteiger charge is -2.30. The number of nitrogens with one attached hydrogen (secondary N) is 1. The quantitative estimate of drug-likeness (QED) is 0.513. The maximum Gasteiger partial charge on any atom is 0.234 e. The second-order valence-corrected chi connectivity index (χ2v) is 8.18. The van der Waals surface area contributed by atoms with E-state index in [4.69, 9.17) is 8.92 Å². The molecule has 2 bridgehead atoms. The number of unbranched alkanes of at least 4 members (excludes halogenated alkanes) is 2. The monoisotopic (exact) mass is 359 g/mol. The lowest BCUT2D eigenvalue weighted by atomic mass is 9.81. The van der Waals surface area contributed by atoms with E-state index in [1.165, 1.54) is 19.3 Å². The van der Waals surface area contributed by atoms with Crippen molar-refractivity contribution in [3.8, 4) is 0 Å². The van der Waals surface area contributed by atoms with E-state index in [0.29, 0.717) is 43.0 Å². The van der Waals surface area contributed by atoms with E-state index in [-0.39, 0.29) is 6.04 Å². The van der Waals surface area contributed by atoms with Gasteiger partial charge in [0.25, 0.3) is 0 Å². The van der Waals surface area contributed by atoms with Gasteiger partial charge in [-0.3, -0.25) is 8.98 Å². The second kappa shape index (κ2) is 10.6. The molecule has 5 nitrogen and oxygen atoms in total. The molecule has 2 fully saturated rings. The van der Waals surface area contributed by atoms with Crippen LogP contribution in [-0.4, -0.2) is 36.4 Å². The van der Waals surface area contributed by atoms with Gasteiger partial charge in [0.2, 0.25) is 11.3 Å². The zero-order valence-electron chi connectivity index (χ0n) is 15.1. The average Bonchev–Trinajstić information content (AvgIpc) is 3.15. The van der Waals surface area contributed by atoms with E-state index in [9.17, 15) is 9.00 Å². The van der Waals surface area contributed by atoms with Crippen LogP contribution in [0.3, 0.4) is 0 Å². The molecule has 2 aliphatic carbocycles. The van der Waals surface area contributed by atoms with Crippen molar-refractivity contribution >= 4 is 17.0 Å². The summed E-state index contributed by atoms with van der Waals surface area (Å²) in [6.07, 6.45) is 8.76. The normalized spacial score (nSPS) is 29.9. The minimum Gasteiger partial charge on any atom is -0.385 e. The Bertz CT molecular complexity index is 418. The Morgan fingerprint density at radius 2 is 1.96 bits per heavy atom. The minimum atomic E-state index is -1.43. The molecule has 0 radical (unpaired) electrons. The van der Waals surface area contributed by atoms with Crippen LogP contribution >= 0.6 is 0 Å². The summed E-state index contributed by atoms with van der Waals surface area (Å²) in [5.41, 5.74) is 0. The molecule has 24 heavy (non-hydrogen) atoms. The van der Waals surface area contributed by atoms with Crippen LogP contribution in [0, 0.1) is 17.8 Å². The molecule has 0 amide bonds. The average molecular weight is 360 g/mol. The van der Waals surface area contributed by atoms with E-state index in [1.807, 2.05) is 6.92 Å². The summed E-state index contributed by atoms with van der Waals surface area (Å²) in [6, 6.07) is 0.180. The number of Topliss-reactive ketones (excluding diaryl/α,β-unsaturated/α-hetero) is 1. The molecule has 5 atom stereocenters. The number of hydrogen-bond acceptors (Lipinski definition) is 4. The summed E-state index contributed by atoms with van der Waals surface area (Å²) in [4.78, 5) is 12.3. The highest BCUT2D eigenvalue weighted by Crippen LogP contribution is 2.50. The molecule has 0 heterocycles. The number of ketones is 1. The number of ether oxygens (including phenoxy) is 1. The van der Waals surface area contributed by atoms with Gasteiger partial charge in [-0.15, -0.1) is 0 Å². The molecule has 140 valence electrons. The smallest absolute Gasteiger partial charge is 0.234 e. The Kier molecular flexibility index (Phi) is 8.87. The van der Waals surface area contributed by atoms with Gasteiger partial charge in [0.05, 0.1) is 6.61 Å². The van der Waals surface area contributed by atoms with Crippen molar-refractivity contribution in [1.29, 1.82) is 0 Å². The van der Waals surface area contributed by atoms with Crippen LogP contribution in [0.2, 0.25) is 0 Å². The lowest BCUT2D eigenvalue weighted by Crippen LogP contribution is -2.42. The van der Waals surface area contributed by atoms with Crippen molar-refractivity contribution < 1.29 is 17.9 Å². The second-order valence-electron chi connectivity index (χ2n) is 7.24. The first-order valence-corrected chi connectivity index (χ1v) is 10.5. The third-order valence-electron chi connectivity index (χ3n) is 5.48. The van der Waals surface area contributed by atoms with Crippen molar-refractivity contribution in [2.45, 2.75) is 70.8 Å². The van der Waals surface area contributed by atoms with Crippen molar-refractivity contribution in [3.63, 3.8) is 0 Å². The molecular weight excluding hydrogens is 326 g/mol. The van der Waals surface area contributed by atoms with Crippen molar-refractivity contribution in [2.24, 2.45) is 17.8 Å². The summed E-state index contributed by atoms with van der Waals surface area (Å²) in [5.74, 6) is 1.87. The van der Waals surface area contributed by atoms with Gasteiger partial charge in [-0.05, 0) is 56.3 Å². The SMILES string of the molecule is CCCOS(=O)NC1C2CCC(C2)C1CC(=O)CCCCCOC. The molecule has 1 N–H and O–H groups in total. The molecule has 0 aliphatic heterocycles. The molecular formula is C18H33NO4S. The molecule has 5 unspecified atom stereocenters. The number of hydrogen-bond donors (Lipinski definition) is 1. The van der Waals surface area contributed by atoms with Crippen LogP contribution in [0.1, 0.15) is 64.7 Å². The Balaban J connectivity index is 1.76. The minimum absolute atomic E-state index is 0.180. The highest BCUT2D eigenvalue weighted by atomic mass is 32.2. The fraction of sp³-hybridized carbons (Fsp3) is 0.944. The van der Waals surface area contributed by atoms with Gasteiger partial charge in [0.1, 0.15) is 5.78 Å². The first kappa shape index (κ1) is 20.0. The predicted octanol–water partition coefficient (Wildman–Crippen LogP) is 3.16. The van der Waals surface area contributed by atoms with Crippen molar-refractivity contribution in [3.05, 3.63) is 0 Å². The van der Waals surface area contributed by atoms with Crippen LogP contribution in [0.4, 0.5) is 0 Å². The Labute approximate surface area is 149 Å². The van der Waals surface area contributed by atoms with Crippen LogP contribution in [0.25, 0.3) is 0 Å². The van der Waals surface area contributed by atoms with Gasteiger partial charge in [-0.1, -0.05) is 13.3 Å². The summed E-state index contributed by atoms with van der Waals surface area (Å²) in [5, 5.41) is 0. The largest absolute Gasteiger partial charge is 0.385 e. The van der Waals surface area contributed by atoms with Crippen LogP contribution < -0.4 is 4.72 Å². The zero-order chi connectivity index (χ0) is 17.4. The summed E-state index contributed by atoms with van der Waals surface area (Å²) in [7, 11) is 1.71. The third-order valence-corrected chi connectivity index (χ3v) is 6.33. The highest BCUT2D eigenvalue weighted by molar-refractivity contribution is 7.78. The molecule has 6 heteroatoms. The first-order valence-electron chi connectivity index (χ1n) is 9.47. The van der Waals surface area contributed by atoms with E-state index < -0.39 is 11.3 Å². The molecule has 2 saturated carbocycles. The zero-order valence-corrected chi connectivity index (χ0v) is 15.9. The van der Waals surface area contributed by atoms with E-state index in [1.54, 1.807) is 7.11 Å². The Morgan fingerprint density at radius 1 is 1.17 bits per heavy atom. The lowest BCUT2D eigenvalue weighted by molar-refractivity contribution is -0.120. The van der Waals surface area contributed by atoms with Crippen LogP contribution in [0.5, 0.6) is 0 Å². The summed E-state index contributed by atoms with van der Waals surface area (Å²) in [6.45, 7) is 3.28. The third kappa shape index (κ3) is 5.90. The highest BCUT2D eigenvalue weighted by Gasteiger charge is 2.48. The maximum absolute atomic E-state index is 12.3. The fourth-order valence-electron chi connectivity index (χ4n) is 4.30. The van der Waals surface area contributed by atoms with Gasteiger partial charge >= 0.3 is 0 Å². The van der Waals surface area contributed by atoms with E-state index >= 15 is 0 Å². The molecule has 2 rings (SSSR count). The van der Waals surface area contributed by atoms with Gasteiger partial charge in [-0.25, -0.2) is 8.93 Å². The Hall–Kier alpha value is -0.300. The number of rotatable bonds is 13. The number of methoxy groups -OCH3 is 1. The molecule has 0 spiro atoms. The predicted molar refractivity (Wildman–Crippen MR) is 95.6 cm³/mol. The van der Waals surface area contributed by atoms with Crippen molar-refractivity contribution in [2.75, 3.05) is 20.3 Å². The first-order chi connectivity index (χ1) is 11.7. The standard InChI is InChI=1S/C18H33NO4S/c1-3-10-23-24(21)19-18-15-9-8-14(12-15)17(18)13-16(20)7-5-4-6-11-22-2/h14-15,17-19H,3-13H2,1-2H3. The number of carbonyl (C=O) groups is 1. The number of carbonyl (C=O) groups excluding carboxylic acids is 1. The van der Waals surface area contributed by atoms with Crippen molar-refractivity contribution in [1.82, 2.24) is 4.72 Å². The maximum atomic E-state index is 12.3. The number of fused-ring (bicyclic) bond motifs is 2. The van der Waals surface area contributed by atoms with Gasteiger partial charge < -0.3 is 4.74 Å². The molecule has 0 aromatic rings. The van der Waals surface area contributed by atoms with Gasteiger partial charge in [0, 0.05) is 32.6 Å². The fourth-order valence-corrected chi connectivity index (χ4v) is 5.28. The van der Waals surface area contributed by atoms with E-state index in [2.05, 4.69) is 4.72 Å². The summed E-state index contributed by atoms with van der Waals surface area (Å²) >= 11 is -1.43. The van der Waals surface area contributed by atoms with Crippen LogP contribution in [0.15, 0.2) is 0 Å². The topological polar surface area (TPSA) is 64.6 Å². The molecule has 2 aliphatic rings. The summed E-state index contributed by atoms with van der Waals surface area (Å²) < 4.78 is 25.5. The van der Waals surface area contributed by atoms with E-state index in [0.717, 1.165) is 32.3 Å². The Morgan fingerprint density at radius 3 is 2.71 bits per heavy atom.